The summed E-state index contributed by atoms with van der Waals surface area (Å²) in [7, 11) is 0. The van der Waals surface area contributed by atoms with Gasteiger partial charge in [-0.05, 0) is 23.4 Å². The number of hydrogen-bond acceptors (Lipinski definition) is 4. The van der Waals surface area contributed by atoms with Crippen molar-refractivity contribution in [1.29, 1.82) is 0 Å². The van der Waals surface area contributed by atoms with Crippen molar-refractivity contribution < 1.29 is 5.11 Å². The molecule has 1 aliphatic heterocycles. The average molecular weight is 265 g/mol. The number of nitrogens with zero attached hydrogens (tertiary/aromatic N) is 3. The van der Waals surface area contributed by atoms with Gasteiger partial charge in [-0.1, -0.05) is 43.3 Å². The number of aromatic hydroxyl groups is 1. The van der Waals surface area contributed by atoms with Gasteiger partial charge in [0.2, 0.25) is 0 Å². The average Bonchev–Trinajstić information content (AvgIpc) is 2.48. The lowest BCUT2D eigenvalue weighted by molar-refractivity contribution is 0.477. The Balaban J connectivity index is 1.99. The highest BCUT2D eigenvalue weighted by Gasteiger charge is 2.07. The lowest BCUT2D eigenvalue weighted by Gasteiger charge is -2.07. The SMILES string of the molecule is CC1C=CC(/N=N/c2c(O)ccc3ccccc23)=NC1. The molecule has 0 radical (unpaired) electrons. The predicted octanol–water partition coefficient (Wildman–Crippen LogP) is 4.23. The van der Waals surface area contributed by atoms with Crippen LogP contribution in [0.1, 0.15) is 6.92 Å². The van der Waals surface area contributed by atoms with Gasteiger partial charge in [0.15, 0.2) is 5.84 Å². The van der Waals surface area contributed by atoms with E-state index in [0.717, 1.165) is 17.3 Å². The number of hydrogen-bond donors (Lipinski definition) is 1. The van der Waals surface area contributed by atoms with Gasteiger partial charge in [-0.25, -0.2) is 0 Å². The summed E-state index contributed by atoms with van der Waals surface area (Å²) < 4.78 is 0. The monoisotopic (exact) mass is 265 g/mol. The van der Waals surface area contributed by atoms with Crippen molar-refractivity contribution in [2.24, 2.45) is 21.1 Å². The third kappa shape index (κ3) is 2.45. The van der Waals surface area contributed by atoms with E-state index in [4.69, 9.17) is 0 Å². The number of phenolic OH excluding ortho intramolecular Hbond substituents is 1. The first-order chi connectivity index (χ1) is 9.74. The van der Waals surface area contributed by atoms with Crippen LogP contribution in [0.15, 0.2) is 63.8 Å². The highest BCUT2D eigenvalue weighted by atomic mass is 16.3. The van der Waals surface area contributed by atoms with Crippen LogP contribution < -0.4 is 0 Å². The molecule has 0 amide bonds. The first-order valence-corrected chi connectivity index (χ1v) is 6.59. The molecule has 0 fully saturated rings. The summed E-state index contributed by atoms with van der Waals surface area (Å²) in [5, 5.41) is 20.2. The van der Waals surface area contributed by atoms with E-state index in [1.807, 2.05) is 36.4 Å². The quantitative estimate of drug-likeness (QED) is 0.770. The minimum absolute atomic E-state index is 0.126. The van der Waals surface area contributed by atoms with Crippen LogP contribution in [0.3, 0.4) is 0 Å². The highest BCUT2D eigenvalue weighted by molar-refractivity contribution is 5.97. The van der Waals surface area contributed by atoms with Gasteiger partial charge in [0.05, 0.1) is 0 Å². The lowest BCUT2D eigenvalue weighted by atomic mass is 10.1. The molecule has 0 saturated heterocycles. The molecule has 20 heavy (non-hydrogen) atoms. The van der Waals surface area contributed by atoms with Crippen molar-refractivity contribution in [2.75, 3.05) is 6.54 Å². The van der Waals surface area contributed by atoms with Crippen LogP contribution in [0.5, 0.6) is 5.75 Å². The zero-order valence-electron chi connectivity index (χ0n) is 11.2. The fourth-order valence-corrected chi connectivity index (χ4v) is 2.12. The van der Waals surface area contributed by atoms with E-state index >= 15 is 0 Å². The largest absolute Gasteiger partial charge is 0.506 e. The summed E-state index contributed by atoms with van der Waals surface area (Å²) in [5.41, 5.74) is 0.484. The molecule has 2 aromatic rings. The first-order valence-electron chi connectivity index (χ1n) is 6.59. The Labute approximate surface area is 117 Å². The van der Waals surface area contributed by atoms with E-state index < -0.39 is 0 Å². The van der Waals surface area contributed by atoms with Gasteiger partial charge in [0.25, 0.3) is 0 Å². The van der Waals surface area contributed by atoms with Crippen LogP contribution in [0.25, 0.3) is 10.8 Å². The van der Waals surface area contributed by atoms with Crippen LogP contribution in [0, 0.1) is 5.92 Å². The van der Waals surface area contributed by atoms with Crippen molar-refractivity contribution in [2.45, 2.75) is 6.92 Å². The lowest BCUT2D eigenvalue weighted by Crippen LogP contribution is -2.04. The molecule has 0 aliphatic carbocycles. The Hall–Kier alpha value is -2.49. The third-order valence-corrected chi connectivity index (χ3v) is 3.25. The molecule has 1 atom stereocenters. The molecule has 4 nitrogen and oxygen atoms in total. The molecule has 1 aliphatic rings. The number of dihydropyridines is 1. The van der Waals surface area contributed by atoms with E-state index in [0.29, 0.717) is 17.4 Å². The van der Waals surface area contributed by atoms with Crippen molar-refractivity contribution in [1.82, 2.24) is 0 Å². The molecule has 100 valence electrons. The summed E-state index contributed by atoms with van der Waals surface area (Å²) in [4.78, 5) is 4.32. The smallest absolute Gasteiger partial charge is 0.169 e. The van der Waals surface area contributed by atoms with Gasteiger partial charge >= 0.3 is 0 Å². The molecular formula is C16H15N3O. The van der Waals surface area contributed by atoms with E-state index in [1.54, 1.807) is 6.07 Å². The van der Waals surface area contributed by atoms with Crippen molar-refractivity contribution in [3.8, 4) is 5.75 Å². The zero-order valence-corrected chi connectivity index (χ0v) is 11.2. The van der Waals surface area contributed by atoms with Gasteiger partial charge in [-0.2, -0.15) is 0 Å². The maximum atomic E-state index is 9.97. The second-order valence-electron chi connectivity index (χ2n) is 4.89. The fraction of sp³-hybridized carbons (Fsp3) is 0.188. The molecule has 1 heterocycles. The Morgan fingerprint density at radius 2 is 2.00 bits per heavy atom. The number of rotatable bonds is 1. The van der Waals surface area contributed by atoms with E-state index in [1.165, 1.54) is 0 Å². The van der Waals surface area contributed by atoms with Crippen LogP contribution >= 0.6 is 0 Å². The van der Waals surface area contributed by atoms with Crippen molar-refractivity contribution in [3.05, 3.63) is 48.6 Å². The van der Waals surface area contributed by atoms with Gasteiger partial charge in [0, 0.05) is 11.9 Å². The maximum Gasteiger partial charge on any atom is 0.169 e. The molecule has 0 saturated carbocycles. The highest BCUT2D eigenvalue weighted by Crippen LogP contribution is 2.35. The van der Waals surface area contributed by atoms with Gasteiger partial charge in [-0.3, -0.25) is 4.99 Å². The Kier molecular flexibility index (Phi) is 3.29. The summed E-state index contributed by atoms with van der Waals surface area (Å²) in [6.45, 7) is 2.83. The molecule has 1 unspecified atom stereocenters. The summed E-state index contributed by atoms with van der Waals surface area (Å²) >= 11 is 0. The third-order valence-electron chi connectivity index (χ3n) is 3.25. The number of aliphatic imine (C=N–C) groups is 1. The minimum Gasteiger partial charge on any atom is -0.506 e. The van der Waals surface area contributed by atoms with Crippen LogP contribution in [0.4, 0.5) is 5.69 Å². The Bertz CT molecular complexity index is 732. The number of phenols is 1. The number of benzene rings is 2. The number of amidine groups is 1. The van der Waals surface area contributed by atoms with E-state index in [-0.39, 0.29) is 5.75 Å². The zero-order chi connectivity index (χ0) is 13.9. The molecular weight excluding hydrogens is 250 g/mol. The summed E-state index contributed by atoms with van der Waals surface area (Å²) in [6.07, 6.45) is 3.92. The second-order valence-corrected chi connectivity index (χ2v) is 4.89. The van der Waals surface area contributed by atoms with Crippen LogP contribution in [-0.2, 0) is 0 Å². The molecule has 3 rings (SSSR count). The van der Waals surface area contributed by atoms with Crippen molar-refractivity contribution in [3.63, 3.8) is 0 Å². The molecule has 2 aromatic carbocycles. The number of azo groups is 1. The van der Waals surface area contributed by atoms with Gasteiger partial charge < -0.3 is 5.11 Å². The molecule has 0 spiro atoms. The van der Waals surface area contributed by atoms with E-state index in [9.17, 15) is 5.11 Å². The normalized spacial score (nSPS) is 18.6. The Morgan fingerprint density at radius 3 is 2.80 bits per heavy atom. The summed E-state index contributed by atoms with van der Waals surface area (Å²) in [6, 6.07) is 11.3. The van der Waals surface area contributed by atoms with E-state index in [2.05, 4.69) is 28.2 Å². The fourth-order valence-electron chi connectivity index (χ4n) is 2.12. The molecule has 0 bridgehead atoms. The van der Waals surface area contributed by atoms with Crippen LogP contribution in [0.2, 0.25) is 0 Å². The predicted molar refractivity (Wildman–Crippen MR) is 80.7 cm³/mol. The standard InChI is InChI=1S/C16H15N3O/c1-11-6-9-15(17-10-11)18-19-16-13-5-3-2-4-12(13)7-8-14(16)20/h2-9,11,20H,10H2,1H3/b19-18+. The Morgan fingerprint density at radius 1 is 1.15 bits per heavy atom. The summed E-state index contributed by atoms with van der Waals surface area (Å²) in [5.74, 6) is 1.16. The number of fused-ring (bicyclic) bond motifs is 1. The van der Waals surface area contributed by atoms with Crippen LogP contribution in [-0.4, -0.2) is 17.5 Å². The molecule has 1 N–H and O–H groups in total. The topological polar surface area (TPSA) is 57.3 Å². The maximum absolute atomic E-state index is 9.97. The first kappa shape index (κ1) is 12.5. The molecule has 4 heteroatoms. The van der Waals surface area contributed by atoms with Gasteiger partial charge in [-0.15, -0.1) is 10.2 Å². The second kappa shape index (κ2) is 5.25. The van der Waals surface area contributed by atoms with Gasteiger partial charge in [0.1, 0.15) is 11.4 Å². The minimum atomic E-state index is 0.126. The van der Waals surface area contributed by atoms with Crippen molar-refractivity contribution >= 4 is 22.3 Å². The molecule has 0 aromatic heterocycles.